The number of nitrogen functional groups attached to an aromatic ring is 1. The fourth-order valence-corrected chi connectivity index (χ4v) is 3.21. The quantitative estimate of drug-likeness (QED) is 0.551. The molecule has 0 atom stereocenters. The Kier molecular flexibility index (Phi) is 2.84. The number of aromatic nitrogens is 4. The monoisotopic (exact) mass is 293 g/mol. The number of nitrogens with one attached hydrogen (secondary N) is 1. The number of carbonyl (C=O) groups is 1. The number of hydrogen-bond donors (Lipinski definition) is 2. The van der Waals surface area contributed by atoms with Gasteiger partial charge < -0.3 is 10.7 Å². The average molecular weight is 293 g/mol. The highest BCUT2D eigenvalue weighted by atomic mass is 32.2. The zero-order chi connectivity index (χ0) is 13.4. The number of anilines is 1. The van der Waals surface area contributed by atoms with Crippen molar-refractivity contribution in [3.8, 4) is 0 Å². The summed E-state index contributed by atoms with van der Waals surface area (Å²) < 4.78 is 1.68. The van der Waals surface area contributed by atoms with Crippen LogP contribution in [0.4, 0.5) is 5.82 Å². The van der Waals surface area contributed by atoms with Gasteiger partial charge in [0.2, 0.25) is 0 Å². The number of carbonyl (C=O) groups excluding carboxylic acids is 1. The van der Waals surface area contributed by atoms with Crippen LogP contribution in [-0.4, -0.2) is 25.6 Å². The third-order valence-electron chi connectivity index (χ3n) is 2.31. The maximum atomic E-state index is 11.3. The molecule has 7 nitrogen and oxygen atoms in total. The molecule has 0 saturated heterocycles. The molecule has 9 heteroatoms. The highest BCUT2D eigenvalue weighted by molar-refractivity contribution is 7.99. The van der Waals surface area contributed by atoms with Crippen LogP contribution in [0.15, 0.2) is 32.6 Å². The third kappa shape index (κ3) is 2.13. The van der Waals surface area contributed by atoms with Crippen molar-refractivity contribution in [2.75, 3.05) is 5.73 Å². The summed E-state index contributed by atoms with van der Waals surface area (Å²) in [6, 6.07) is 1.19. The number of fused-ring (bicyclic) bond motifs is 1. The van der Waals surface area contributed by atoms with Gasteiger partial charge in [-0.05, 0) is 11.8 Å². The molecule has 3 rings (SSSR count). The lowest BCUT2D eigenvalue weighted by atomic mass is 10.5. The smallest absolute Gasteiger partial charge is 0.253 e. The fraction of sp³-hybridized carbons (Fsp3) is 0. The van der Waals surface area contributed by atoms with E-state index < -0.39 is 0 Å². The Morgan fingerprint density at radius 1 is 1.47 bits per heavy atom. The van der Waals surface area contributed by atoms with Crippen molar-refractivity contribution < 1.29 is 4.79 Å². The lowest BCUT2D eigenvalue weighted by molar-refractivity contribution is 0.111. The molecule has 0 aliphatic rings. The molecular formula is C10H7N5O2S2. The van der Waals surface area contributed by atoms with Gasteiger partial charge in [-0.2, -0.15) is 0 Å². The summed E-state index contributed by atoms with van der Waals surface area (Å²) in [4.78, 5) is 34.0. The van der Waals surface area contributed by atoms with Crippen molar-refractivity contribution in [2.24, 2.45) is 0 Å². The minimum atomic E-state index is -0.344. The molecular weight excluding hydrogens is 286 g/mol. The van der Waals surface area contributed by atoms with Crippen molar-refractivity contribution in [3.05, 3.63) is 33.7 Å². The molecule has 0 fully saturated rings. The first-order valence-electron chi connectivity index (χ1n) is 5.13. The SMILES string of the molecule is Nc1cc(=O)[nH]c(Sc2nc3sccn3c2C=O)n1. The number of nitrogens with two attached hydrogens (primary N) is 1. The molecule has 0 unspecified atom stereocenters. The number of H-pyrrole nitrogens is 1. The largest absolute Gasteiger partial charge is 0.383 e. The van der Waals surface area contributed by atoms with E-state index >= 15 is 0 Å². The van der Waals surface area contributed by atoms with E-state index in [0.717, 1.165) is 18.0 Å². The normalized spacial score (nSPS) is 10.9. The molecule has 0 spiro atoms. The second-order valence-electron chi connectivity index (χ2n) is 3.55. The second kappa shape index (κ2) is 4.52. The van der Waals surface area contributed by atoms with Crippen LogP contribution in [0.2, 0.25) is 0 Å². The number of aldehydes is 1. The van der Waals surface area contributed by atoms with E-state index in [-0.39, 0.29) is 11.4 Å². The van der Waals surface area contributed by atoms with Crippen LogP contribution in [0, 0.1) is 0 Å². The van der Waals surface area contributed by atoms with Gasteiger partial charge in [-0.25, -0.2) is 9.97 Å². The van der Waals surface area contributed by atoms with E-state index in [4.69, 9.17) is 5.73 Å². The highest BCUT2D eigenvalue weighted by Crippen LogP contribution is 2.28. The van der Waals surface area contributed by atoms with E-state index in [0.29, 0.717) is 20.8 Å². The summed E-state index contributed by atoms with van der Waals surface area (Å²) in [7, 11) is 0. The third-order valence-corrected chi connectivity index (χ3v) is 3.95. The van der Waals surface area contributed by atoms with Gasteiger partial charge in [0, 0.05) is 17.6 Å². The molecule has 0 bridgehead atoms. The van der Waals surface area contributed by atoms with Crippen molar-refractivity contribution in [1.82, 2.24) is 19.4 Å². The van der Waals surface area contributed by atoms with Gasteiger partial charge in [-0.3, -0.25) is 14.0 Å². The Morgan fingerprint density at radius 2 is 2.32 bits per heavy atom. The van der Waals surface area contributed by atoms with Gasteiger partial charge in [-0.15, -0.1) is 11.3 Å². The number of imidazole rings is 1. The Bertz CT molecular complexity index is 819. The van der Waals surface area contributed by atoms with Crippen LogP contribution in [0.25, 0.3) is 4.96 Å². The maximum absolute atomic E-state index is 11.3. The van der Waals surface area contributed by atoms with Crippen molar-refractivity contribution in [1.29, 1.82) is 0 Å². The van der Waals surface area contributed by atoms with Crippen molar-refractivity contribution in [2.45, 2.75) is 10.2 Å². The topological polar surface area (TPSA) is 106 Å². The molecule has 3 aromatic rings. The number of nitrogens with zero attached hydrogens (tertiary/aromatic N) is 3. The van der Waals surface area contributed by atoms with Crippen LogP contribution in [-0.2, 0) is 0 Å². The van der Waals surface area contributed by atoms with Gasteiger partial charge in [0.1, 0.15) is 16.5 Å². The summed E-state index contributed by atoms with van der Waals surface area (Å²) in [5.74, 6) is 0.125. The lowest BCUT2D eigenvalue weighted by Crippen LogP contribution is -2.09. The van der Waals surface area contributed by atoms with Gasteiger partial charge in [0.05, 0.1) is 0 Å². The summed E-state index contributed by atoms with van der Waals surface area (Å²) in [6.45, 7) is 0. The first kappa shape index (κ1) is 11.9. The fourth-order valence-electron chi connectivity index (χ4n) is 1.56. The molecule has 3 N–H and O–H groups in total. The molecule has 0 aliphatic heterocycles. The first-order chi connectivity index (χ1) is 9.17. The summed E-state index contributed by atoms with van der Waals surface area (Å²) in [5, 5.41) is 2.62. The molecule has 0 saturated carbocycles. The number of hydrogen-bond acceptors (Lipinski definition) is 7. The molecule has 0 radical (unpaired) electrons. The molecule has 0 aliphatic carbocycles. The molecule has 0 aromatic carbocycles. The summed E-state index contributed by atoms with van der Waals surface area (Å²) >= 11 is 2.51. The predicted molar refractivity (Wildman–Crippen MR) is 71.8 cm³/mol. The molecule has 19 heavy (non-hydrogen) atoms. The zero-order valence-corrected chi connectivity index (χ0v) is 11.0. The van der Waals surface area contributed by atoms with Crippen LogP contribution in [0.5, 0.6) is 0 Å². The Balaban J connectivity index is 2.07. The summed E-state index contributed by atoms with van der Waals surface area (Å²) in [6.07, 6.45) is 2.48. The van der Waals surface area contributed by atoms with E-state index in [1.165, 1.54) is 17.4 Å². The van der Waals surface area contributed by atoms with Crippen LogP contribution < -0.4 is 11.3 Å². The highest BCUT2D eigenvalue weighted by Gasteiger charge is 2.15. The van der Waals surface area contributed by atoms with Crippen molar-refractivity contribution in [3.63, 3.8) is 0 Å². The van der Waals surface area contributed by atoms with E-state index in [1.54, 1.807) is 10.6 Å². The van der Waals surface area contributed by atoms with Gasteiger partial charge in [0.15, 0.2) is 16.4 Å². The molecule has 96 valence electrons. The molecule has 3 heterocycles. The van der Waals surface area contributed by atoms with E-state index in [2.05, 4.69) is 15.0 Å². The Hall–Kier alpha value is -2.13. The Labute approximate surface area is 114 Å². The maximum Gasteiger partial charge on any atom is 0.253 e. The zero-order valence-electron chi connectivity index (χ0n) is 9.36. The predicted octanol–water partition coefficient (Wildman–Crippen LogP) is 1.03. The standard InChI is InChI=1S/C10H7N5O2S2/c11-6-3-7(17)13-9(12-6)19-8-5(4-16)15-1-2-18-10(15)14-8/h1-4H,(H3,11,12,13,17). The van der Waals surface area contributed by atoms with Crippen molar-refractivity contribution >= 4 is 40.2 Å². The molecule has 0 amide bonds. The minimum Gasteiger partial charge on any atom is -0.383 e. The van der Waals surface area contributed by atoms with Gasteiger partial charge in [0.25, 0.3) is 5.56 Å². The van der Waals surface area contributed by atoms with Crippen LogP contribution in [0.1, 0.15) is 10.5 Å². The number of thiazole rings is 1. The van der Waals surface area contributed by atoms with Gasteiger partial charge in [-0.1, -0.05) is 0 Å². The Morgan fingerprint density at radius 3 is 3.05 bits per heavy atom. The lowest BCUT2D eigenvalue weighted by Gasteiger charge is -1.99. The summed E-state index contributed by atoms with van der Waals surface area (Å²) in [5.41, 5.74) is 5.58. The second-order valence-corrected chi connectivity index (χ2v) is 5.40. The van der Waals surface area contributed by atoms with E-state index in [9.17, 15) is 9.59 Å². The first-order valence-corrected chi connectivity index (χ1v) is 6.82. The minimum absolute atomic E-state index is 0.125. The van der Waals surface area contributed by atoms with Crippen LogP contribution in [0.3, 0.4) is 0 Å². The number of rotatable bonds is 3. The van der Waals surface area contributed by atoms with Gasteiger partial charge >= 0.3 is 0 Å². The number of aromatic amines is 1. The molecule has 3 aromatic heterocycles. The van der Waals surface area contributed by atoms with E-state index in [1.807, 2.05) is 5.38 Å². The van der Waals surface area contributed by atoms with Crippen LogP contribution >= 0.6 is 23.1 Å². The average Bonchev–Trinajstić information content (AvgIpc) is 2.87.